The van der Waals surface area contributed by atoms with Gasteiger partial charge >= 0.3 is 12.1 Å². The Kier molecular flexibility index (Phi) is 4.63. The van der Waals surface area contributed by atoms with Crippen molar-refractivity contribution in [2.45, 2.75) is 18.0 Å². The zero-order valence-electron chi connectivity index (χ0n) is 10.9. The van der Waals surface area contributed by atoms with Crippen molar-refractivity contribution < 1.29 is 35.9 Å². The average molecular weight is 329 g/mol. The van der Waals surface area contributed by atoms with E-state index in [4.69, 9.17) is 5.11 Å². The molecule has 0 aliphatic heterocycles. The van der Waals surface area contributed by atoms with Gasteiger partial charge in [0.25, 0.3) is 0 Å². The van der Waals surface area contributed by atoms with Crippen LogP contribution in [0.5, 0.6) is 0 Å². The number of halogens is 4. The number of alkyl halides is 3. The third-order valence-electron chi connectivity index (χ3n) is 2.63. The van der Waals surface area contributed by atoms with Crippen LogP contribution in [0.1, 0.15) is 15.9 Å². The van der Waals surface area contributed by atoms with Crippen LogP contribution < -0.4 is 0 Å². The first-order chi connectivity index (χ1) is 9.36. The molecule has 0 unspecified atom stereocenters. The maximum Gasteiger partial charge on any atom is 0.402 e. The van der Waals surface area contributed by atoms with Crippen LogP contribution in [0.15, 0.2) is 17.0 Å². The van der Waals surface area contributed by atoms with Crippen molar-refractivity contribution >= 4 is 16.0 Å². The molecule has 1 aromatic rings. The van der Waals surface area contributed by atoms with Crippen LogP contribution >= 0.6 is 0 Å². The van der Waals surface area contributed by atoms with E-state index in [1.807, 2.05) is 0 Å². The smallest absolute Gasteiger partial charge is 0.402 e. The number of aromatic carboxylic acids is 1. The Hall–Kier alpha value is -1.68. The van der Waals surface area contributed by atoms with Crippen molar-refractivity contribution in [2.24, 2.45) is 0 Å². The van der Waals surface area contributed by atoms with Crippen molar-refractivity contribution in [3.63, 3.8) is 0 Å². The van der Waals surface area contributed by atoms with Crippen LogP contribution in [0.2, 0.25) is 0 Å². The van der Waals surface area contributed by atoms with Gasteiger partial charge in [0.15, 0.2) is 0 Å². The summed E-state index contributed by atoms with van der Waals surface area (Å²) in [5.74, 6) is -2.72. The average Bonchev–Trinajstić information content (AvgIpc) is 2.29. The lowest BCUT2D eigenvalue weighted by Crippen LogP contribution is -2.36. The summed E-state index contributed by atoms with van der Waals surface area (Å²) in [6.45, 7) is -0.733. The third kappa shape index (κ3) is 3.91. The monoisotopic (exact) mass is 329 g/mol. The van der Waals surface area contributed by atoms with E-state index in [2.05, 4.69) is 0 Å². The zero-order chi connectivity index (χ0) is 16.6. The normalized spacial score (nSPS) is 12.7. The van der Waals surface area contributed by atoms with Gasteiger partial charge in [0.1, 0.15) is 12.4 Å². The van der Waals surface area contributed by atoms with Gasteiger partial charge < -0.3 is 5.11 Å². The molecule has 0 saturated carbocycles. The first kappa shape index (κ1) is 17.4. The van der Waals surface area contributed by atoms with Crippen LogP contribution in [-0.4, -0.2) is 43.6 Å². The van der Waals surface area contributed by atoms with Gasteiger partial charge in [-0.05, 0) is 19.1 Å². The minimum atomic E-state index is -4.78. The Morgan fingerprint density at radius 2 is 1.86 bits per heavy atom. The Morgan fingerprint density at radius 1 is 1.33 bits per heavy atom. The highest BCUT2D eigenvalue weighted by Gasteiger charge is 2.36. The number of carboxylic acids is 1. The van der Waals surface area contributed by atoms with E-state index in [1.165, 1.54) is 0 Å². The van der Waals surface area contributed by atoms with Gasteiger partial charge in [0, 0.05) is 12.6 Å². The Labute approximate surface area is 117 Å². The Bertz CT molecular complexity index is 670. The summed E-state index contributed by atoms with van der Waals surface area (Å²) in [6, 6.07) is 1.23. The molecule has 0 aliphatic rings. The lowest BCUT2D eigenvalue weighted by Gasteiger charge is -2.20. The quantitative estimate of drug-likeness (QED) is 0.858. The second-order valence-corrected chi connectivity index (χ2v) is 6.28. The maximum absolute atomic E-state index is 13.6. The Balaban J connectivity index is 3.41. The summed E-state index contributed by atoms with van der Waals surface area (Å²) in [5.41, 5.74) is -1.12. The number of nitrogens with zero attached hydrogens (tertiary/aromatic N) is 1. The standard InChI is InChI=1S/C11H11F4NO4S/c1-6-8(12)3-7(10(17)18)4-9(6)21(19,20)16(2)5-11(13,14)15/h3-4H,5H2,1-2H3,(H,17,18). The predicted octanol–water partition coefficient (Wildman–Crippen LogP) is 2.02. The molecular formula is C11H11F4NO4S. The Morgan fingerprint density at radius 3 is 2.29 bits per heavy atom. The van der Waals surface area contributed by atoms with Crippen molar-refractivity contribution in [2.75, 3.05) is 13.6 Å². The number of rotatable bonds is 4. The fraction of sp³-hybridized carbons (Fsp3) is 0.364. The van der Waals surface area contributed by atoms with Crippen LogP contribution in [0.25, 0.3) is 0 Å². The fourth-order valence-electron chi connectivity index (χ4n) is 1.55. The SMILES string of the molecule is Cc1c(F)cc(C(=O)O)cc1S(=O)(=O)N(C)CC(F)(F)F. The molecule has 0 saturated heterocycles. The van der Waals surface area contributed by atoms with E-state index in [0.29, 0.717) is 19.2 Å². The number of carbonyl (C=O) groups is 1. The van der Waals surface area contributed by atoms with Gasteiger partial charge in [0.05, 0.1) is 10.5 Å². The molecule has 0 atom stereocenters. The minimum Gasteiger partial charge on any atom is -0.478 e. The molecule has 0 spiro atoms. The largest absolute Gasteiger partial charge is 0.478 e. The highest BCUT2D eigenvalue weighted by Crippen LogP contribution is 2.26. The van der Waals surface area contributed by atoms with Gasteiger partial charge in [-0.15, -0.1) is 0 Å². The fourth-order valence-corrected chi connectivity index (χ4v) is 2.96. The number of hydrogen-bond acceptors (Lipinski definition) is 3. The van der Waals surface area contributed by atoms with E-state index >= 15 is 0 Å². The highest BCUT2D eigenvalue weighted by molar-refractivity contribution is 7.89. The molecule has 0 amide bonds. The topological polar surface area (TPSA) is 74.7 Å². The molecule has 0 bridgehead atoms. The van der Waals surface area contributed by atoms with E-state index in [-0.39, 0.29) is 4.31 Å². The lowest BCUT2D eigenvalue weighted by atomic mass is 10.1. The molecule has 0 fully saturated rings. The highest BCUT2D eigenvalue weighted by atomic mass is 32.2. The number of hydrogen-bond donors (Lipinski definition) is 1. The molecular weight excluding hydrogens is 318 g/mol. The molecule has 0 radical (unpaired) electrons. The van der Waals surface area contributed by atoms with Crippen LogP contribution in [-0.2, 0) is 10.0 Å². The number of sulfonamides is 1. The second-order valence-electron chi connectivity index (χ2n) is 4.26. The van der Waals surface area contributed by atoms with Crippen molar-refractivity contribution in [1.29, 1.82) is 0 Å². The molecule has 118 valence electrons. The molecule has 21 heavy (non-hydrogen) atoms. The molecule has 0 heterocycles. The van der Waals surface area contributed by atoms with E-state index in [9.17, 15) is 30.8 Å². The van der Waals surface area contributed by atoms with Gasteiger partial charge in [-0.2, -0.15) is 17.5 Å². The molecule has 1 rings (SSSR count). The van der Waals surface area contributed by atoms with Crippen molar-refractivity contribution in [3.8, 4) is 0 Å². The predicted molar refractivity (Wildman–Crippen MR) is 64.0 cm³/mol. The molecule has 0 aliphatic carbocycles. The molecule has 1 N–H and O–H groups in total. The second kappa shape index (κ2) is 5.60. The summed E-state index contributed by atoms with van der Waals surface area (Å²) in [4.78, 5) is 9.97. The zero-order valence-corrected chi connectivity index (χ0v) is 11.7. The first-order valence-corrected chi connectivity index (χ1v) is 6.87. The lowest BCUT2D eigenvalue weighted by molar-refractivity contribution is -0.134. The summed E-state index contributed by atoms with van der Waals surface area (Å²) >= 11 is 0. The van der Waals surface area contributed by atoms with Crippen LogP contribution in [0, 0.1) is 12.7 Å². The summed E-state index contributed by atoms with van der Waals surface area (Å²) in [6.07, 6.45) is -4.78. The molecule has 0 aromatic heterocycles. The van der Waals surface area contributed by atoms with Gasteiger partial charge in [-0.3, -0.25) is 0 Å². The molecule has 10 heteroatoms. The summed E-state index contributed by atoms with van der Waals surface area (Å²) in [5, 5.41) is 8.76. The van der Waals surface area contributed by atoms with Gasteiger partial charge in [-0.1, -0.05) is 0 Å². The first-order valence-electron chi connectivity index (χ1n) is 5.43. The van der Waals surface area contributed by atoms with Crippen molar-refractivity contribution in [3.05, 3.63) is 29.1 Å². The van der Waals surface area contributed by atoms with Gasteiger partial charge in [-0.25, -0.2) is 17.6 Å². The van der Waals surface area contributed by atoms with E-state index in [1.54, 1.807) is 0 Å². The van der Waals surface area contributed by atoms with Gasteiger partial charge in [0.2, 0.25) is 10.0 Å². The van der Waals surface area contributed by atoms with E-state index in [0.717, 1.165) is 6.92 Å². The van der Waals surface area contributed by atoms with Crippen LogP contribution in [0.4, 0.5) is 17.6 Å². The summed E-state index contributed by atoms with van der Waals surface area (Å²) in [7, 11) is -4.00. The third-order valence-corrected chi connectivity index (χ3v) is 4.56. The summed E-state index contributed by atoms with van der Waals surface area (Å²) < 4.78 is 74.4. The number of benzene rings is 1. The molecule has 1 aromatic carbocycles. The maximum atomic E-state index is 13.6. The van der Waals surface area contributed by atoms with Crippen LogP contribution in [0.3, 0.4) is 0 Å². The van der Waals surface area contributed by atoms with Crippen molar-refractivity contribution in [1.82, 2.24) is 4.31 Å². The minimum absolute atomic E-state index is 0.0135. The number of carboxylic acid groups (broad SMARTS) is 1. The molecule has 5 nitrogen and oxygen atoms in total. The van der Waals surface area contributed by atoms with E-state index < -0.39 is 50.6 Å².